The van der Waals surface area contributed by atoms with Gasteiger partial charge in [0.25, 0.3) is 0 Å². The monoisotopic (exact) mass is 308 g/mol. The van der Waals surface area contributed by atoms with E-state index in [2.05, 4.69) is 15.9 Å². The van der Waals surface area contributed by atoms with Crippen molar-refractivity contribution >= 4 is 15.9 Å². The first-order chi connectivity index (χ1) is 8.02. The van der Waals surface area contributed by atoms with Gasteiger partial charge < -0.3 is 14.9 Å². The van der Waals surface area contributed by atoms with Crippen molar-refractivity contribution < 1.29 is 23.7 Å². The zero-order valence-electron chi connectivity index (χ0n) is 8.74. The minimum Gasteiger partial charge on any atom is -0.394 e. The summed E-state index contributed by atoms with van der Waals surface area (Å²) in [5.41, 5.74) is 0.174. The number of hydrogen-bond donors (Lipinski definition) is 2. The highest BCUT2D eigenvalue weighted by atomic mass is 79.9. The Morgan fingerprint density at radius 3 is 2.65 bits per heavy atom. The van der Waals surface area contributed by atoms with Gasteiger partial charge >= 0.3 is 0 Å². The summed E-state index contributed by atoms with van der Waals surface area (Å²) in [5.74, 6) is -1.41. The summed E-state index contributed by atoms with van der Waals surface area (Å²) >= 11 is 2.97. The number of aliphatic hydroxyl groups excluding tert-OH is 2. The second kappa shape index (κ2) is 4.97. The number of ether oxygens (including phenoxy) is 1. The maximum Gasteiger partial charge on any atom is 0.140 e. The Morgan fingerprint density at radius 1 is 1.35 bits per heavy atom. The third-order valence-corrected chi connectivity index (χ3v) is 3.40. The molecule has 0 amide bonds. The van der Waals surface area contributed by atoms with Gasteiger partial charge in [-0.15, -0.1) is 0 Å². The maximum absolute atomic E-state index is 13.6. The van der Waals surface area contributed by atoms with E-state index in [1.807, 2.05) is 0 Å². The van der Waals surface area contributed by atoms with Crippen molar-refractivity contribution in [2.24, 2.45) is 0 Å². The minimum absolute atomic E-state index is 0.138. The Kier molecular flexibility index (Phi) is 3.77. The lowest BCUT2D eigenvalue weighted by atomic mass is 10.0. The SMILES string of the molecule is OC[C@H]1O[C@H](c2cc(Br)c(F)cc2F)C[C@@H]1O. The van der Waals surface area contributed by atoms with E-state index in [-0.39, 0.29) is 23.1 Å². The van der Waals surface area contributed by atoms with Crippen molar-refractivity contribution in [3.63, 3.8) is 0 Å². The fourth-order valence-electron chi connectivity index (χ4n) is 1.88. The van der Waals surface area contributed by atoms with Crippen LogP contribution in [0.15, 0.2) is 16.6 Å². The molecule has 0 saturated carbocycles. The van der Waals surface area contributed by atoms with Gasteiger partial charge in [0.05, 0.1) is 23.3 Å². The molecule has 1 aromatic rings. The molecular formula is C11H11BrF2O3. The number of rotatable bonds is 2. The van der Waals surface area contributed by atoms with Gasteiger partial charge in [0.1, 0.15) is 17.7 Å². The van der Waals surface area contributed by atoms with Gasteiger partial charge in [-0.2, -0.15) is 0 Å². The molecule has 0 unspecified atom stereocenters. The van der Waals surface area contributed by atoms with E-state index in [1.165, 1.54) is 6.07 Å². The second-order valence-corrected chi connectivity index (χ2v) is 4.79. The second-order valence-electron chi connectivity index (χ2n) is 3.94. The lowest BCUT2D eigenvalue weighted by Crippen LogP contribution is -2.24. The summed E-state index contributed by atoms with van der Waals surface area (Å²) in [5, 5.41) is 18.5. The summed E-state index contributed by atoms with van der Waals surface area (Å²) in [6.45, 7) is -0.332. The molecule has 0 bridgehead atoms. The molecular weight excluding hydrogens is 298 g/mol. The smallest absolute Gasteiger partial charge is 0.140 e. The Bertz CT molecular complexity index is 427. The molecule has 0 radical (unpaired) electrons. The van der Waals surface area contributed by atoms with E-state index in [0.29, 0.717) is 0 Å². The Morgan fingerprint density at radius 2 is 2.06 bits per heavy atom. The van der Waals surface area contributed by atoms with Crippen molar-refractivity contribution in [2.75, 3.05) is 6.61 Å². The van der Waals surface area contributed by atoms with Crippen LogP contribution in [0.1, 0.15) is 18.1 Å². The number of hydrogen-bond acceptors (Lipinski definition) is 3. The van der Waals surface area contributed by atoms with Crippen LogP contribution in [0.5, 0.6) is 0 Å². The normalized spacial score (nSPS) is 28.6. The van der Waals surface area contributed by atoms with E-state index >= 15 is 0 Å². The summed E-state index contributed by atoms with van der Waals surface area (Å²) in [4.78, 5) is 0. The predicted molar refractivity (Wildman–Crippen MR) is 59.4 cm³/mol. The summed E-state index contributed by atoms with van der Waals surface area (Å²) < 4.78 is 32.0. The molecule has 1 heterocycles. The van der Waals surface area contributed by atoms with E-state index < -0.39 is 29.9 Å². The fourth-order valence-corrected chi connectivity index (χ4v) is 2.24. The molecule has 17 heavy (non-hydrogen) atoms. The van der Waals surface area contributed by atoms with Crippen LogP contribution in [0, 0.1) is 11.6 Å². The van der Waals surface area contributed by atoms with Gasteiger partial charge in [0.2, 0.25) is 0 Å². The van der Waals surface area contributed by atoms with Crippen LogP contribution in [0.25, 0.3) is 0 Å². The average molecular weight is 309 g/mol. The highest BCUT2D eigenvalue weighted by molar-refractivity contribution is 9.10. The molecule has 1 fully saturated rings. The Balaban J connectivity index is 2.27. The van der Waals surface area contributed by atoms with Crippen LogP contribution in [0.4, 0.5) is 8.78 Å². The lowest BCUT2D eigenvalue weighted by Gasteiger charge is -2.13. The van der Waals surface area contributed by atoms with Crippen LogP contribution < -0.4 is 0 Å². The topological polar surface area (TPSA) is 49.7 Å². The first-order valence-corrected chi connectivity index (χ1v) is 5.91. The minimum atomic E-state index is -0.840. The van der Waals surface area contributed by atoms with Crippen molar-refractivity contribution in [2.45, 2.75) is 24.7 Å². The molecule has 2 rings (SSSR count). The first kappa shape index (κ1) is 12.9. The van der Waals surface area contributed by atoms with E-state index in [9.17, 15) is 13.9 Å². The number of halogens is 3. The summed E-state index contributed by atoms with van der Waals surface area (Å²) in [6, 6.07) is 2.06. The molecule has 0 aliphatic carbocycles. The molecule has 94 valence electrons. The van der Waals surface area contributed by atoms with Crippen LogP contribution in [0.3, 0.4) is 0 Å². The van der Waals surface area contributed by atoms with Crippen LogP contribution in [-0.4, -0.2) is 29.0 Å². The molecule has 1 aromatic carbocycles. The van der Waals surface area contributed by atoms with Gasteiger partial charge in [0, 0.05) is 18.1 Å². The average Bonchev–Trinajstić information content (AvgIpc) is 2.65. The Hall–Kier alpha value is -0.560. The van der Waals surface area contributed by atoms with Crippen LogP contribution >= 0.6 is 15.9 Å². The quantitative estimate of drug-likeness (QED) is 0.821. The van der Waals surface area contributed by atoms with Gasteiger partial charge in [-0.05, 0) is 22.0 Å². The molecule has 1 aliphatic heterocycles. The summed E-state index contributed by atoms with van der Waals surface area (Å²) in [7, 11) is 0. The van der Waals surface area contributed by atoms with Gasteiger partial charge in [-0.1, -0.05) is 0 Å². The van der Waals surface area contributed by atoms with E-state index in [4.69, 9.17) is 9.84 Å². The zero-order valence-corrected chi connectivity index (χ0v) is 10.3. The van der Waals surface area contributed by atoms with Gasteiger partial charge in [0.15, 0.2) is 0 Å². The van der Waals surface area contributed by atoms with Gasteiger partial charge in [-0.3, -0.25) is 0 Å². The van der Waals surface area contributed by atoms with Gasteiger partial charge in [-0.25, -0.2) is 8.78 Å². The highest BCUT2D eigenvalue weighted by Gasteiger charge is 2.35. The standard InChI is InChI=1S/C11H11BrF2O3/c12-6-1-5(7(13)2-8(6)14)10-3-9(16)11(4-15)17-10/h1-2,9-11,15-16H,3-4H2/t9-,10-,11+/m0/s1. The zero-order chi connectivity index (χ0) is 12.6. The molecule has 1 aliphatic rings. The van der Waals surface area contributed by atoms with E-state index in [1.54, 1.807) is 0 Å². The van der Waals surface area contributed by atoms with Crippen molar-refractivity contribution in [1.82, 2.24) is 0 Å². The molecule has 3 nitrogen and oxygen atoms in total. The molecule has 1 saturated heterocycles. The van der Waals surface area contributed by atoms with Crippen LogP contribution in [0.2, 0.25) is 0 Å². The highest BCUT2D eigenvalue weighted by Crippen LogP contribution is 2.36. The number of aliphatic hydroxyl groups is 2. The third-order valence-electron chi connectivity index (χ3n) is 2.79. The van der Waals surface area contributed by atoms with Crippen molar-refractivity contribution in [1.29, 1.82) is 0 Å². The van der Waals surface area contributed by atoms with Crippen LogP contribution in [-0.2, 0) is 4.74 Å². The summed E-state index contributed by atoms with van der Waals surface area (Å²) in [6.07, 6.45) is -2.05. The predicted octanol–water partition coefficient (Wildman–Crippen LogP) is 1.91. The van der Waals surface area contributed by atoms with Crippen molar-refractivity contribution in [3.8, 4) is 0 Å². The largest absolute Gasteiger partial charge is 0.394 e. The Labute approximate surface area is 105 Å². The lowest BCUT2D eigenvalue weighted by molar-refractivity contribution is -0.0233. The molecule has 2 N–H and O–H groups in total. The first-order valence-electron chi connectivity index (χ1n) is 5.11. The fraction of sp³-hybridized carbons (Fsp3) is 0.455. The molecule has 6 heteroatoms. The third kappa shape index (κ3) is 2.49. The van der Waals surface area contributed by atoms with E-state index in [0.717, 1.165) is 6.07 Å². The molecule has 0 spiro atoms. The van der Waals surface area contributed by atoms with Crippen molar-refractivity contribution in [3.05, 3.63) is 33.8 Å². The molecule has 3 atom stereocenters. The molecule has 0 aromatic heterocycles. The number of benzene rings is 1. The maximum atomic E-state index is 13.6.